The molecule has 2 N–H and O–H groups in total. The van der Waals surface area contributed by atoms with Gasteiger partial charge in [-0.25, -0.2) is 4.98 Å². The first-order valence-corrected chi connectivity index (χ1v) is 9.37. The number of aromatic nitrogens is 2. The Bertz CT molecular complexity index is 968. The summed E-state index contributed by atoms with van der Waals surface area (Å²) in [5.74, 6) is -0.247. The second-order valence-corrected chi connectivity index (χ2v) is 7.32. The van der Waals surface area contributed by atoms with Crippen molar-refractivity contribution in [1.82, 2.24) is 14.9 Å². The number of amides is 1. The highest BCUT2D eigenvalue weighted by molar-refractivity contribution is 7.16. The zero-order valence-electron chi connectivity index (χ0n) is 14.1. The summed E-state index contributed by atoms with van der Waals surface area (Å²) in [6.45, 7) is 1.95. The monoisotopic (exact) mass is 391 g/mol. The number of carbonyl (C=O) groups is 1. The van der Waals surface area contributed by atoms with Gasteiger partial charge in [0.2, 0.25) is 5.91 Å². The van der Waals surface area contributed by atoms with Crippen molar-refractivity contribution in [3.05, 3.63) is 63.0 Å². The van der Waals surface area contributed by atoms with E-state index in [1.807, 2.05) is 5.38 Å². The number of thiophene rings is 1. The number of carbonyl (C=O) groups excluding carboxylic acids is 1. The lowest BCUT2D eigenvalue weighted by atomic mass is 10.0. The number of halogens is 1. The summed E-state index contributed by atoms with van der Waals surface area (Å²) in [5, 5.41) is 16.0. The summed E-state index contributed by atoms with van der Waals surface area (Å²) < 4.78 is 1.43. The van der Waals surface area contributed by atoms with Gasteiger partial charge in [-0.1, -0.05) is 23.7 Å². The van der Waals surface area contributed by atoms with E-state index in [0.717, 1.165) is 0 Å². The molecule has 1 aromatic carbocycles. The van der Waals surface area contributed by atoms with Crippen LogP contribution in [0.15, 0.2) is 46.8 Å². The van der Waals surface area contributed by atoms with Crippen LogP contribution in [-0.2, 0) is 11.3 Å². The first-order valence-electron chi connectivity index (χ1n) is 8.11. The summed E-state index contributed by atoms with van der Waals surface area (Å²) >= 11 is 7.24. The van der Waals surface area contributed by atoms with Gasteiger partial charge in [0.25, 0.3) is 5.56 Å². The molecule has 0 bridgehead atoms. The molecule has 0 aliphatic carbocycles. The van der Waals surface area contributed by atoms with E-state index in [1.165, 1.54) is 22.2 Å². The molecule has 0 aliphatic rings. The minimum Gasteiger partial charge on any atom is -0.386 e. The third-order valence-corrected chi connectivity index (χ3v) is 5.18. The fourth-order valence-corrected chi connectivity index (χ4v) is 3.48. The van der Waals surface area contributed by atoms with Crippen LogP contribution in [0.25, 0.3) is 10.2 Å². The number of aryl methyl sites for hydroxylation is 1. The SMILES string of the molecule is CC(NC(=O)CCn1cnc2sccc2c1=O)C(O)c1ccc(Cl)cc1. The Kier molecular flexibility index (Phi) is 5.70. The third-order valence-electron chi connectivity index (χ3n) is 4.10. The summed E-state index contributed by atoms with van der Waals surface area (Å²) in [6.07, 6.45) is 0.734. The van der Waals surface area contributed by atoms with Crippen LogP contribution in [0.5, 0.6) is 0 Å². The predicted molar refractivity (Wildman–Crippen MR) is 103 cm³/mol. The molecule has 0 fully saturated rings. The normalized spacial score (nSPS) is 13.5. The zero-order chi connectivity index (χ0) is 18.7. The summed E-state index contributed by atoms with van der Waals surface area (Å²) in [6, 6.07) is 8.08. The Balaban J connectivity index is 1.58. The van der Waals surface area contributed by atoms with Crippen molar-refractivity contribution in [2.75, 3.05) is 0 Å². The van der Waals surface area contributed by atoms with E-state index in [-0.39, 0.29) is 24.4 Å². The van der Waals surface area contributed by atoms with Crippen LogP contribution in [-0.4, -0.2) is 26.6 Å². The average molecular weight is 392 g/mol. The molecule has 3 rings (SSSR count). The Morgan fingerprint density at radius 1 is 1.35 bits per heavy atom. The van der Waals surface area contributed by atoms with Gasteiger partial charge in [-0.05, 0) is 36.1 Å². The molecule has 2 unspecified atom stereocenters. The van der Waals surface area contributed by atoms with Crippen molar-refractivity contribution in [2.24, 2.45) is 0 Å². The van der Waals surface area contributed by atoms with Gasteiger partial charge in [0, 0.05) is 18.0 Å². The highest BCUT2D eigenvalue weighted by atomic mass is 35.5. The van der Waals surface area contributed by atoms with Crippen molar-refractivity contribution in [3.8, 4) is 0 Å². The lowest BCUT2D eigenvalue weighted by Crippen LogP contribution is -2.37. The van der Waals surface area contributed by atoms with Gasteiger partial charge in [0.15, 0.2) is 0 Å². The minimum atomic E-state index is -0.845. The lowest BCUT2D eigenvalue weighted by molar-refractivity contribution is -0.122. The maximum atomic E-state index is 12.3. The second kappa shape index (κ2) is 7.99. The topological polar surface area (TPSA) is 84.2 Å². The van der Waals surface area contributed by atoms with Crippen LogP contribution in [0, 0.1) is 0 Å². The molecule has 3 aromatic rings. The fourth-order valence-electron chi connectivity index (χ4n) is 2.63. The molecule has 2 heterocycles. The number of hydrogen-bond donors (Lipinski definition) is 2. The molecule has 0 aliphatic heterocycles. The van der Waals surface area contributed by atoms with Crippen LogP contribution in [0.3, 0.4) is 0 Å². The van der Waals surface area contributed by atoms with Crippen molar-refractivity contribution in [1.29, 1.82) is 0 Å². The lowest BCUT2D eigenvalue weighted by Gasteiger charge is -2.20. The quantitative estimate of drug-likeness (QED) is 0.676. The van der Waals surface area contributed by atoms with E-state index in [1.54, 1.807) is 37.3 Å². The largest absolute Gasteiger partial charge is 0.386 e. The van der Waals surface area contributed by atoms with Gasteiger partial charge >= 0.3 is 0 Å². The Morgan fingerprint density at radius 2 is 2.08 bits per heavy atom. The number of aliphatic hydroxyl groups is 1. The Labute approximate surface area is 159 Å². The van der Waals surface area contributed by atoms with E-state index in [4.69, 9.17) is 11.6 Å². The van der Waals surface area contributed by atoms with Crippen molar-refractivity contribution in [3.63, 3.8) is 0 Å². The zero-order valence-corrected chi connectivity index (χ0v) is 15.6. The van der Waals surface area contributed by atoms with E-state index in [9.17, 15) is 14.7 Å². The first-order chi connectivity index (χ1) is 12.5. The Hall–Kier alpha value is -2.22. The number of hydrogen-bond acceptors (Lipinski definition) is 5. The smallest absolute Gasteiger partial charge is 0.262 e. The van der Waals surface area contributed by atoms with Gasteiger partial charge in [0.05, 0.1) is 23.9 Å². The van der Waals surface area contributed by atoms with Gasteiger partial charge < -0.3 is 10.4 Å². The number of nitrogens with one attached hydrogen (secondary N) is 1. The number of fused-ring (bicyclic) bond motifs is 1. The van der Waals surface area contributed by atoms with Gasteiger partial charge in [-0.3, -0.25) is 14.2 Å². The van der Waals surface area contributed by atoms with Crippen LogP contribution in [0.4, 0.5) is 0 Å². The van der Waals surface area contributed by atoms with Crippen molar-refractivity contribution in [2.45, 2.75) is 32.0 Å². The maximum absolute atomic E-state index is 12.3. The minimum absolute atomic E-state index is 0.120. The second-order valence-electron chi connectivity index (χ2n) is 5.99. The predicted octanol–water partition coefficient (Wildman–Crippen LogP) is 2.74. The number of aliphatic hydroxyl groups excluding tert-OH is 1. The van der Waals surface area contributed by atoms with Crippen LogP contribution in [0.2, 0.25) is 5.02 Å². The van der Waals surface area contributed by atoms with Gasteiger partial charge in [-0.2, -0.15) is 0 Å². The van der Waals surface area contributed by atoms with E-state index >= 15 is 0 Å². The molecule has 0 radical (unpaired) electrons. The van der Waals surface area contributed by atoms with Crippen molar-refractivity contribution < 1.29 is 9.90 Å². The van der Waals surface area contributed by atoms with Crippen LogP contribution >= 0.6 is 22.9 Å². The van der Waals surface area contributed by atoms with Crippen molar-refractivity contribution >= 4 is 39.1 Å². The summed E-state index contributed by atoms with van der Waals surface area (Å²) in [4.78, 5) is 29.4. The number of benzene rings is 1. The molecule has 136 valence electrons. The third kappa shape index (κ3) is 4.12. The fraction of sp³-hybridized carbons (Fsp3) is 0.278. The number of nitrogens with zero attached hydrogens (tertiary/aromatic N) is 2. The van der Waals surface area contributed by atoms with Gasteiger partial charge in [-0.15, -0.1) is 11.3 Å². The molecule has 6 nitrogen and oxygen atoms in total. The molecule has 0 spiro atoms. The molecule has 1 amide bonds. The number of rotatable bonds is 6. The molecular formula is C18H18ClN3O3S. The highest BCUT2D eigenvalue weighted by Crippen LogP contribution is 2.19. The molecule has 8 heteroatoms. The average Bonchev–Trinajstić information content (AvgIpc) is 3.11. The molecule has 26 heavy (non-hydrogen) atoms. The van der Waals surface area contributed by atoms with Crippen LogP contribution < -0.4 is 10.9 Å². The van der Waals surface area contributed by atoms with E-state index < -0.39 is 12.1 Å². The van der Waals surface area contributed by atoms with Crippen LogP contribution in [0.1, 0.15) is 25.0 Å². The van der Waals surface area contributed by atoms with E-state index in [2.05, 4.69) is 10.3 Å². The molecule has 2 aromatic heterocycles. The van der Waals surface area contributed by atoms with Gasteiger partial charge in [0.1, 0.15) is 4.83 Å². The molecular weight excluding hydrogens is 374 g/mol. The summed E-state index contributed by atoms with van der Waals surface area (Å²) in [5.41, 5.74) is 0.517. The highest BCUT2D eigenvalue weighted by Gasteiger charge is 2.18. The standard InChI is InChI=1S/C18H18ClN3O3S/c1-11(16(24)12-2-4-13(19)5-3-12)21-15(23)6-8-22-10-20-17-14(18(22)25)7-9-26-17/h2-5,7,9-11,16,24H,6,8H2,1H3,(H,21,23). The molecule has 2 atom stereocenters. The first kappa shape index (κ1) is 18.6. The maximum Gasteiger partial charge on any atom is 0.262 e. The summed E-state index contributed by atoms with van der Waals surface area (Å²) in [7, 11) is 0. The molecule has 0 saturated carbocycles. The molecule has 0 saturated heterocycles. The Morgan fingerprint density at radius 3 is 2.81 bits per heavy atom. The van der Waals surface area contributed by atoms with E-state index in [0.29, 0.717) is 20.8 Å².